The molecule has 0 fully saturated rings. The van der Waals surface area contributed by atoms with Gasteiger partial charge in [-0.1, -0.05) is 0 Å². The van der Waals surface area contributed by atoms with E-state index < -0.39 is 5.60 Å². The number of ether oxygens (including phenoxy) is 1. The first kappa shape index (κ1) is 11.0. The summed E-state index contributed by atoms with van der Waals surface area (Å²) >= 11 is 0. The van der Waals surface area contributed by atoms with Gasteiger partial charge in [-0.15, -0.1) is 0 Å². The standard InChI is InChI=1S/C13H17NO2/c1-13(2,15)7-9-8-14-12-5-4-10(16-3)6-11(9)12/h4-6,8,14-15H,7H2,1-3H3. The van der Waals surface area contributed by atoms with Crippen LogP contribution in [0.1, 0.15) is 19.4 Å². The molecule has 86 valence electrons. The molecule has 0 aliphatic heterocycles. The van der Waals surface area contributed by atoms with Crippen molar-refractivity contribution < 1.29 is 9.84 Å². The summed E-state index contributed by atoms with van der Waals surface area (Å²) in [5.74, 6) is 0.837. The number of H-pyrrole nitrogens is 1. The molecule has 2 N–H and O–H groups in total. The number of aromatic nitrogens is 1. The summed E-state index contributed by atoms with van der Waals surface area (Å²) in [6, 6.07) is 5.90. The number of hydrogen-bond acceptors (Lipinski definition) is 2. The highest BCUT2D eigenvalue weighted by Crippen LogP contribution is 2.26. The SMILES string of the molecule is COc1ccc2[nH]cc(CC(C)(C)O)c2c1. The lowest BCUT2D eigenvalue weighted by Crippen LogP contribution is -2.21. The van der Waals surface area contributed by atoms with Gasteiger partial charge in [0.25, 0.3) is 0 Å². The van der Waals surface area contributed by atoms with Crippen molar-refractivity contribution in [1.82, 2.24) is 4.98 Å². The number of hydrogen-bond donors (Lipinski definition) is 2. The van der Waals surface area contributed by atoms with Gasteiger partial charge >= 0.3 is 0 Å². The Morgan fingerprint density at radius 1 is 1.38 bits per heavy atom. The fraction of sp³-hybridized carbons (Fsp3) is 0.385. The van der Waals surface area contributed by atoms with Gasteiger partial charge in [-0.05, 0) is 37.6 Å². The zero-order chi connectivity index (χ0) is 11.8. The van der Waals surface area contributed by atoms with Gasteiger partial charge in [-0.2, -0.15) is 0 Å². The van der Waals surface area contributed by atoms with E-state index in [1.165, 1.54) is 0 Å². The van der Waals surface area contributed by atoms with Gasteiger partial charge < -0.3 is 14.8 Å². The zero-order valence-corrected chi connectivity index (χ0v) is 9.87. The van der Waals surface area contributed by atoms with Gasteiger partial charge in [0.15, 0.2) is 0 Å². The molecule has 3 nitrogen and oxygen atoms in total. The largest absolute Gasteiger partial charge is 0.497 e. The minimum atomic E-state index is -0.696. The Balaban J connectivity index is 2.46. The molecule has 0 bridgehead atoms. The van der Waals surface area contributed by atoms with E-state index in [1.807, 2.05) is 38.2 Å². The third-order valence-electron chi connectivity index (χ3n) is 2.60. The first-order valence-electron chi connectivity index (χ1n) is 5.36. The Hall–Kier alpha value is -1.48. The fourth-order valence-electron chi connectivity index (χ4n) is 1.90. The summed E-state index contributed by atoms with van der Waals surface area (Å²) in [7, 11) is 1.66. The van der Waals surface area contributed by atoms with Crippen molar-refractivity contribution in [3.63, 3.8) is 0 Å². The van der Waals surface area contributed by atoms with Gasteiger partial charge in [0, 0.05) is 23.5 Å². The number of rotatable bonds is 3. The Morgan fingerprint density at radius 3 is 2.75 bits per heavy atom. The molecule has 1 aromatic heterocycles. The van der Waals surface area contributed by atoms with Crippen molar-refractivity contribution in [1.29, 1.82) is 0 Å². The Kier molecular flexibility index (Phi) is 2.64. The van der Waals surface area contributed by atoms with Gasteiger partial charge in [-0.3, -0.25) is 0 Å². The molecule has 0 aliphatic rings. The number of aromatic amines is 1. The first-order valence-corrected chi connectivity index (χ1v) is 5.36. The molecule has 3 heteroatoms. The predicted molar refractivity (Wildman–Crippen MR) is 64.9 cm³/mol. The normalized spacial score (nSPS) is 12.0. The molecule has 2 rings (SSSR count). The van der Waals surface area contributed by atoms with Crippen molar-refractivity contribution in [3.8, 4) is 5.75 Å². The van der Waals surface area contributed by atoms with Crippen LogP contribution in [0.15, 0.2) is 24.4 Å². The number of benzene rings is 1. The molecule has 16 heavy (non-hydrogen) atoms. The van der Waals surface area contributed by atoms with Crippen molar-refractivity contribution in [2.24, 2.45) is 0 Å². The molecule has 0 unspecified atom stereocenters. The average molecular weight is 219 g/mol. The molecule has 0 radical (unpaired) electrons. The summed E-state index contributed by atoms with van der Waals surface area (Å²) in [5, 5.41) is 10.9. The highest BCUT2D eigenvalue weighted by atomic mass is 16.5. The van der Waals surface area contributed by atoms with Gasteiger partial charge in [0.2, 0.25) is 0 Å². The first-order chi connectivity index (χ1) is 7.49. The van der Waals surface area contributed by atoms with Crippen molar-refractivity contribution in [2.75, 3.05) is 7.11 Å². The van der Waals surface area contributed by atoms with Gasteiger partial charge in [-0.25, -0.2) is 0 Å². The van der Waals surface area contributed by atoms with Crippen LogP contribution in [-0.4, -0.2) is 22.8 Å². The molecular formula is C13H17NO2. The lowest BCUT2D eigenvalue weighted by atomic mass is 9.98. The molecule has 0 spiro atoms. The summed E-state index contributed by atoms with van der Waals surface area (Å²) in [4.78, 5) is 3.20. The molecule has 0 aliphatic carbocycles. The van der Waals surface area contributed by atoms with Crippen LogP contribution in [0, 0.1) is 0 Å². The van der Waals surface area contributed by atoms with E-state index in [0.29, 0.717) is 6.42 Å². The molecule has 0 saturated carbocycles. The lowest BCUT2D eigenvalue weighted by Gasteiger charge is -2.16. The van der Waals surface area contributed by atoms with E-state index in [9.17, 15) is 5.11 Å². The average Bonchev–Trinajstić information content (AvgIpc) is 2.58. The van der Waals surface area contributed by atoms with E-state index in [-0.39, 0.29) is 0 Å². The van der Waals surface area contributed by atoms with Crippen LogP contribution in [0.3, 0.4) is 0 Å². The molecule has 1 aromatic carbocycles. The maximum Gasteiger partial charge on any atom is 0.119 e. The van der Waals surface area contributed by atoms with Gasteiger partial charge in [0.1, 0.15) is 5.75 Å². The second-order valence-electron chi connectivity index (χ2n) is 4.71. The summed E-state index contributed by atoms with van der Waals surface area (Å²) in [5.41, 5.74) is 1.49. The van der Waals surface area contributed by atoms with E-state index in [0.717, 1.165) is 22.2 Å². The van der Waals surface area contributed by atoms with Crippen LogP contribution < -0.4 is 4.74 Å². The van der Waals surface area contributed by atoms with Crippen molar-refractivity contribution in [3.05, 3.63) is 30.0 Å². The Bertz CT molecular complexity index is 494. The third kappa shape index (κ3) is 2.19. The monoisotopic (exact) mass is 219 g/mol. The number of fused-ring (bicyclic) bond motifs is 1. The molecular weight excluding hydrogens is 202 g/mol. The topological polar surface area (TPSA) is 45.2 Å². The van der Waals surface area contributed by atoms with Crippen molar-refractivity contribution in [2.45, 2.75) is 25.9 Å². The van der Waals surface area contributed by atoms with Crippen LogP contribution in [0.5, 0.6) is 5.75 Å². The molecule has 0 amide bonds. The Morgan fingerprint density at radius 2 is 2.12 bits per heavy atom. The fourth-order valence-corrected chi connectivity index (χ4v) is 1.90. The molecule has 1 heterocycles. The van der Waals surface area contributed by atoms with Crippen LogP contribution in [0.2, 0.25) is 0 Å². The highest BCUT2D eigenvalue weighted by molar-refractivity contribution is 5.84. The zero-order valence-electron chi connectivity index (χ0n) is 9.87. The second kappa shape index (κ2) is 3.83. The minimum absolute atomic E-state index is 0.625. The summed E-state index contributed by atoms with van der Waals surface area (Å²) < 4.78 is 5.20. The smallest absolute Gasteiger partial charge is 0.119 e. The predicted octanol–water partition coefficient (Wildman–Crippen LogP) is 2.49. The third-order valence-corrected chi connectivity index (χ3v) is 2.60. The van der Waals surface area contributed by atoms with Crippen LogP contribution in [-0.2, 0) is 6.42 Å². The number of methoxy groups -OCH3 is 1. The second-order valence-corrected chi connectivity index (χ2v) is 4.71. The van der Waals surface area contributed by atoms with Gasteiger partial charge in [0.05, 0.1) is 12.7 Å². The molecule has 0 atom stereocenters. The molecule has 0 saturated heterocycles. The maximum atomic E-state index is 9.83. The number of aliphatic hydroxyl groups is 1. The van der Waals surface area contributed by atoms with Crippen LogP contribution in [0.4, 0.5) is 0 Å². The highest BCUT2D eigenvalue weighted by Gasteiger charge is 2.16. The van der Waals surface area contributed by atoms with E-state index in [4.69, 9.17) is 4.74 Å². The maximum absolute atomic E-state index is 9.83. The Labute approximate surface area is 95.1 Å². The summed E-state index contributed by atoms with van der Waals surface area (Å²) in [6.45, 7) is 3.62. The van der Waals surface area contributed by atoms with E-state index in [2.05, 4.69) is 4.98 Å². The molecule has 2 aromatic rings. The number of nitrogens with one attached hydrogen (secondary N) is 1. The van der Waals surface area contributed by atoms with Crippen LogP contribution in [0.25, 0.3) is 10.9 Å². The quantitative estimate of drug-likeness (QED) is 0.833. The lowest BCUT2D eigenvalue weighted by molar-refractivity contribution is 0.0813. The van der Waals surface area contributed by atoms with Crippen LogP contribution >= 0.6 is 0 Å². The van der Waals surface area contributed by atoms with E-state index in [1.54, 1.807) is 7.11 Å². The van der Waals surface area contributed by atoms with E-state index >= 15 is 0 Å². The minimum Gasteiger partial charge on any atom is -0.497 e. The summed E-state index contributed by atoms with van der Waals surface area (Å²) in [6.07, 6.45) is 2.57. The van der Waals surface area contributed by atoms with Crippen molar-refractivity contribution >= 4 is 10.9 Å².